The second-order valence-electron chi connectivity index (χ2n) is 10.1. The second-order valence-corrected chi connectivity index (χ2v) is 11.2. The van der Waals surface area contributed by atoms with Crippen LogP contribution in [0, 0.1) is 52.8 Å². The van der Waals surface area contributed by atoms with E-state index in [9.17, 15) is 31.9 Å². The fourth-order valence-electron chi connectivity index (χ4n) is 5.02. The number of aliphatic hydroxyl groups is 1. The topological polar surface area (TPSA) is 63.1 Å². The molecule has 5 aromatic rings. The molecule has 4 nitrogen and oxygen atoms in total. The maximum absolute atomic E-state index is 15.2. The van der Waals surface area contributed by atoms with E-state index in [2.05, 4.69) is 16.0 Å². The van der Waals surface area contributed by atoms with Gasteiger partial charge in [0.25, 0.3) is 0 Å². The first-order valence-electron chi connectivity index (χ1n) is 14.1. The fraction of sp³-hybridized carbons (Fsp3) is 0.303. The first-order valence-corrected chi connectivity index (χ1v) is 14.9. The zero-order valence-corrected chi connectivity index (χ0v) is 27.9. The number of benzene rings is 3. The number of thiophene rings is 1. The molecule has 1 radical (unpaired) electrons. The van der Waals surface area contributed by atoms with Gasteiger partial charge >= 0.3 is 0 Å². The normalized spacial score (nSPS) is 11.8. The minimum Gasteiger partial charge on any atom is -0.512 e. The second kappa shape index (κ2) is 15.3. The largest absolute Gasteiger partial charge is 0.512 e. The smallest absolute Gasteiger partial charge is 0.198 e. The van der Waals surface area contributed by atoms with Crippen LogP contribution >= 0.6 is 11.3 Å². The Hall–Kier alpha value is -3.34. The van der Waals surface area contributed by atoms with Crippen molar-refractivity contribution in [2.75, 3.05) is 0 Å². The molecule has 0 saturated carbocycles. The Bertz CT molecular complexity index is 1850. The molecular weight excluding hydrogens is 795 g/mol. The summed E-state index contributed by atoms with van der Waals surface area (Å²) in [5.74, 6) is -11.0. The van der Waals surface area contributed by atoms with E-state index in [1.165, 1.54) is 6.08 Å². The minimum absolute atomic E-state index is 0. The molecule has 3 aromatic carbocycles. The number of carbonyl (C=O) groups excluding carboxylic acids is 1. The predicted octanol–water partition coefficient (Wildman–Crippen LogP) is 10.2. The van der Waals surface area contributed by atoms with E-state index in [4.69, 9.17) is 0 Å². The number of fused-ring (bicyclic) bond motifs is 3. The van der Waals surface area contributed by atoms with Crippen molar-refractivity contribution in [3.05, 3.63) is 83.4 Å². The number of carbonyl (C=O) groups is 1. The van der Waals surface area contributed by atoms with Gasteiger partial charge < -0.3 is 5.11 Å². The van der Waals surface area contributed by atoms with Gasteiger partial charge in [0, 0.05) is 49.1 Å². The maximum Gasteiger partial charge on any atom is 0.198 e. The van der Waals surface area contributed by atoms with Gasteiger partial charge in [0.05, 0.1) is 16.5 Å². The predicted molar refractivity (Wildman–Crippen MR) is 160 cm³/mol. The molecule has 0 aliphatic carbocycles. The van der Waals surface area contributed by atoms with E-state index in [0.717, 1.165) is 48.0 Å². The van der Waals surface area contributed by atoms with E-state index in [1.54, 1.807) is 24.3 Å². The first kappa shape index (κ1) is 36.1. The van der Waals surface area contributed by atoms with Crippen molar-refractivity contribution >= 4 is 48.9 Å². The van der Waals surface area contributed by atoms with Crippen LogP contribution in [0.15, 0.2) is 42.4 Å². The van der Waals surface area contributed by atoms with Crippen LogP contribution in [0.25, 0.3) is 42.3 Å². The minimum atomic E-state index is -2.24. The third-order valence-electron chi connectivity index (χ3n) is 7.63. The third-order valence-corrected chi connectivity index (χ3v) is 8.70. The van der Waals surface area contributed by atoms with E-state index in [-0.39, 0.29) is 49.2 Å². The van der Waals surface area contributed by atoms with Gasteiger partial charge in [0.15, 0.2) is 34.9 Å². The molecule has 0 aliphatic rings. The van der Waals surface area contributed by atoms with Crippen LogP contribution < -0.4 is 0 Å². The van der Waals surface area contributed by atoms with Crippen LogP contribution in [-0.4, -0.2) is 20.9 Å². The molecule has 0 spiro atoms. The number of aromatic nitrogens is 2. The van der Waals surface area contributed by atoms with Crippen LogP contribution in [0.1, 0.15) is 53.4 Å². The van der Waals surface area contributed by atoms with Crippen molar-refractivity contribution in [2.24, 2.45) is 11.8 Å². The van der Waals surface area contributed by atoms with Crippen molar-refractivity contribution in [3.8, 4) is 10.6 Å². The molecule has 0 saturated heterocycles. The van der Waals surface area contributed by atoms with E-state index in [0.29, 0.717) is 10.3 Å². The molecule has 0 unspecified atom stereocenters. The summed E-state index contributed by atoms with van der Waals surface area (Å²) in [7, 11) is 0. The Morgan fingerprint density at radius 2 is 1.36 bits per heavy atom. The summed E-state index contributed by atoms with van der Waals surface area (Å²) < 4.78 is 86.6. The van der Waals surface area contributed by atoms with Crippen molar-refractivity contribution < 1.29 is 56.3 Å². The standard InChI is InChI=1S/C20H5F6N2S.C13H24O2.Ir/c21-13-10-11(15(23)18(26)17(25)14(10)22)16(24)20-12(13)19(27-6-28-20)9-5-7-3-1-2-4-8(7)29-9;1-5-10(6-2)12(14)9-13(15)11(7-3)8-4;/h1-4,6H;9-11,14H,5-8H2,1-4H3;/q-1;;/b;12-9-;. The molecule has 2 aromatic heterocycles. The number of ketones is 1. The average molecular weight is 824 g/mol. The zero-order chi connectivity index (χ0) is 32.3. The molecule has 0 bridgehead atoms. The molecule has 0 fully saturated rings. The summed E-state index contributed by atoms with van der Waals surface area (Å²) >= 11 is 1.16. The first-order chi connectivity index (χ1) is 21.0. The fourth-order valence-corrected chi connectivity index (χ4v) is 6.03. The molecule has 45 heavy (non-hydrogen) atoms. The Morgan fingerprint density at radius 3 is 1.91 bits per heavy atom. The maximum atomic E-state index is 15.2. The van der Waals surface area contributed by atoms with Crippen LogP contribution in [-0.2, 0) is 24.9 Å². The number of rotatable bonds is 8. The monoisotopic (exact) mass is 824 g/mol. The van der Waals surface area contributed by atoms with Crippen LogP contribution in [0.4, 0.5) is 26.3 Å². The molecule has 2 heterocycles. The Balaban J connectivity index is 0.000000297. The van der Waals surface area contributed by atoms with Crippen LogP contribution in [0.3, 0.4) is 0 Å². The molecule has 241 valence electrons. The number of allylic oxidation sites excluding steroid dienone is 2. The SMILES string of the molecule is CCC(CC)C(=O)/C=C(\O)C(CC)CC.Fc1c(F)c(F)c2c(F)c3c(-c4[c-]c5ccccc5s4)ncnc3c(F)c2c1F.[Ir]. The number of hydrogen-bond donors (Lipinski definition) is 1. The molecule has 0 aliphatic heterocycles. The molecular formula is C33H29F6IrN2O2S-. The van der Waals surface area contributed by atoms with Gasteiger partial charge in [-0.15, -0.1) is 23.6 Å². The van der Waals surface area contributed by atoms with Crippen LogP contribution in [0.2, 0.25) is 0 Å². The molecule has 12 heteroatoms. The zero-order valence-electron chi connectivity index (χ0n) is 24.7. The number of nitrogens with zero attached hydrogens (tertiary/aromatic N) is 2. The Labute approximate surface area is 273 Å². The van der Waals surface area contributed by atoms with Gasteiger partial charge in [-0.25, -0.2) is 42.7 Å². The summed E-state index contributed by atoms with van der Waals surface area (Å²) in [6.07, 6.45) is 5.82. The average Bonchev–Trinajstić information content (AvgIpc) is 3.46. The summed E-state index contributed by atoms with van der Waals surface area (Å²) in [6, 6.07) is 10.0. The summed E-state index contributed by atoms with van der Waals surface area (Å²) in [5, 5.41) is 7.17. The van der Waals surface area contributed by atoms with Gasteiger partial charge in [-0.1, -0.05) is 39.8 Å². The van der Waals surface area contributed by atoms with Crippen molar-refractivity contribution in [2.45, 2.75) is 53.4 Å². The molecule has 5 rings (SSSR count). The van der Waals surface area contributed by atoms with Gasteiger partial charge in [-0.05, 0) is 35.3 Å². The van der Waals surface area contributed by atoms with Crippen molar-refractivity contribution in [1.29, 1.82) is 0 Å². The third kappa shape index (κ3) is 6.93. The van der Waals surface area contributed by atoms with Gasteiger partial charge in [0.2, 0.25) is 0 Å². The summed E-state index contributed by atoms with van der Waals surface area (Å²) in [4.78, 5) is 19.6. The molecule has 0 atom stereocenters. The summed E-state index contributed by atoms with van der Waals surface area (Å²) in [6.45, 7) is 8.07. The number of aliphatic hydroxyl groups excluding tert-OH is 1. The molecule has 1 N–H and O–H groups in total. The van der Waals surface area contributed by atoms with Gasteiger partial charge in [0.1, 0.15) is 17.7 Å². The van der Waals surface area contributed by atoms with E-state index < -0.39 is 56.6 Å². The number of hydrogen-bond acceptors (Lipinski definition) is 5. The Morgan fingerprint density at radius 1 is 0.800 bits per heavy atom. The summed E-state index contributed by atoms with van der Waals surface area (Å²) in [5.41, 5.74) is -0.811. The van der Waals surface area contributed by atoms with Gasteiger partial charge in [-0.3, -0.25) is 9.78 Å². The van der Waals surface area contributed by atoms with E-state index >= 15 is 4.39 Å². The quantitative estimate of drug-likeness (QED) is 0.0322. The van der Waals surface area contributed by atoms with Crippen LogP contribution in [0.5, 0.6) is 0 Å². The number of halogens is 6. The van der Waals surface area contributed by atoms with Crippen molar-refractivity contribution in [1.82, 2.24) is 9.97 Å². The van der Waals surface area contributed by atoms with Gasteiger partial charge in [-0.2, -0.15) is 0 Å². The molecule has 0 amide bonds. The van der Waals surface area contributed by atoms with Crippen molar-refractivity contribution in [3.63, 3.8) is 0 Å². The Kier molecular flexibility index (Phi) is 12.3. The van der Waals surface area contributed by atoms with E-state index in [1.807, 2.05) is 27.7 Å².